The van der Waals surface area contributed by atoms with Gasteiger partial charge in [-0.2, -0.15) is 0 Å². The fourth-order valence-electron chi connectivity index (χ4n) is 4.39. The van der Waals surface area contributed by atoms with Crippen LogP contribution < -0.4 is 5.73 Å². The Balaban J connectivity index is 1.86. The topological polar surface area (TPSA) is 65.2 Å². The number of benzene rings is 2. The van der Waals surface area contributed by atoms with E-state index in [1.54, 1.807) is 0 Å². The summed E-state index contributed by atoms with van der Waals surface area (Å²) < 4.78 is 5.22. The highest BCUT2D eigenvalue weighted by atomic mass is 16.5. The van der Waals surface area contributed by atoms with Gasteiger partial charge in [-0.1, -0.05) is 49.2 Å². The van der Waals surface area contributed by atoms with Gasteiger partial charge in [-0.25, -0.2) is 0 Å². The first-order chi connectivity index (χ1) is 14.6. The highest BCUT2D eigenvalue weighted by Crippen LogP contribution is 2.49. The molecule has 1 aliphatic carbocycles. The van der Waals surface area contributed by atoms with E-state index in [1.165, 1.54) is 22.3 Å². The summed E-state index contributed by atoms with van der Waals surface area (Å²) in [6.45, 7) is 7.01. The van der Waals surface area contributed by atoms with E-state index >= 15 is 0 Å². The minimum absolute atomic E-state index is 0.0217. The molecule has 3 aromatic rings. The SMILES string of the molecule is CCCc1nc2ccc(C3CC3C(=O)OCC)cc2c(-c2ccc(C)cc2)c1CN. The second-order valence-electron chi connectivity index (χ2n) is 8.21. The molecule has 1 fully saturated rings. The predicted molar refractivity (Wildman–Crippen MR) is 121 cm³/mol. The Kier molecular flexibility index (Phi) is 5.87. The molecular formula is C26H30N2O2. The second-order valence-corrected chi connectivity index (χ2v) is 8.21. The summed E-state index contributed by atoms with van der Waals surface area (Å²) in [5.74, 6) is 0.128. The van der Waals surface area contributed by atoms with Gasteiger partial charge in [-0.15, -0.1) is 0 Å². The first kappa shape index (κ1) is 20.5. The quantitative estimate of drug-likeness (QED) is 0.546. The highest BCUT2D eigenvalue weighted by molar-refractivity contribution is 5.97. The molecule has 0 radical (unpaired) electrons. The van der Waals surface area contributed by atoms with E-state index in [-0.39, 0.29) is 17.8 Å². The third kappa shape index (κ3) is 3.84. The van der Waals surface area contributed by atoms with Crippen LogP contribution in [0.5, 0.6) is 0 Å². The van der Waals surface area contributed by atoms with Gasteiger partial charge in [0.15, 0.2) is 0 Å². The number of aryl methyl sites for hydroxylation is 2. The van der Waals surface area contributed by atoms with Crippen molar-refractivity contribution in [1.82, 2.24) is 4.98 Å². The fraction of sp³-hybridized carbons (Fsp3) is 0.385. The van der Waals surface area contributed by atoms with Gasteiger partial charge in [-0.05, 0) is 67.0 Å². The molecule has 4 rings (SSSR count). The Morgan fingerprint density at radius 2 is 1.93 bits per heavy atom. The lowest BCUT2D eigenvalue weighted by atomic mass is 9.91. The average Bonchev–Trinajstić information content (AvgIpc) is 3.55. The lowest BCUT2D eigenvalue weighted by molar-refractivity contribution is -0.144. The Morgan fingerprint density at radius 1 is 1.17 bits per heavy atom. The number of ether oxygens (including phenoxy) is 1. The van der Waals surface area contributed by atoms with E-state index in [4.69, 9.17) is 15.5 Å². The molecule has 4 nitrogen and oxygen atoms in total. The highest BCUT2D eigenvalue weighted by Gasteiger charge is 2.45. The van der Waals surface area contributed by atoms with Crippen molar-refractivity contribution in [2.45, 2.75) is 52.5 Å². The number of carbonyl (C=O) groups excluding carboxylic acids is 1. The molecule has 156 valence electrons. The zero-order valence-electron chi connectivity index (χ0n) is 18.1. The Bertz CT molecular complexity index is 1070. The Labute approximate surface area is 178 Å². The molecule has 2 aromatic carbocycles. The lowest BCUT2D eigenvalue weighted by Crippen LogP contribution is -2.08. The zero-order valence-corrected chi connectivity index (χ0v) is 18.1. The van der Waals surface area contributed by atoms with Crippen molar-refractivity contribution >= 4 is 16.9 Å². The van der Waals surface area contributed by atoms with Gasteiger partial charge in [-0.3, -0.25) is 9.78 Å². The van der Waals surface area contributed by atoms with Crippen LogP contribution in [-0.2, 0) is 22.5 Å². The van der Waals surface area contributed by atoms with Gasteiger partial charge in [0.25, 0.3) is 0 Å². The van der Waals surface area contributed by atoms with Crippen LogP contribution in [0, 0.1) is 12.8 Å². The molecule has 0 aliphatic heterocycles. The normalized spacial score (nSPS) is 17.9. The number of rotatable bonds is 7. The molecule has 0 bridgehead atoms. The van der Waals surface area contributed by atoms with Crippen LogP contribution in [0.3, 0.4) is 0 Å². The summed E-state index contributed by atoms with van der Waals surface area (Å²) in [4.78, 5) is 17.1. The van der Waals surface area contributed by atoms with Crippen LogP contribution in [0.2, 0.25) is 0 Å². The average molecular weight is 403 g/mol. The Morgan fingerprint density at radius 3 is 2.60 bits per heavy atom. The van der Waals surface area contributed by atoms with Crippen LogP contribution in [0.4, 0.5) is 0 Å². The van der Waals surface area contributed by atoms with Crippen molar-refractivity contribution in [2.75, 3.05) is 6.61 Å². The largest absolute Gasteiger partial charge is 0.466 e. The number of pyridine rings is 1. The van der Waals surface area contributed by atoms with Gasteiger partial charge in [0.05, 0.1) is 18.0 Å². The minimum atomic E-state index is -0.0829. The fourth-order valence-corrected chi connectivity index (χ4v) is 4.39. The number of nitrogens with zero attached hydrogens (tertiary/aromatic N) is 1. The van der Waals surface area contributed by atoms with Crippen molar-refractivity contribution in [2.24, 2.45) is 11.7 Å². The molecule has 1 heterocycles. The van der Waals surface area contributed by atoms with E-state index in [2.05, 4.69) is 56.3 Å². The van der Waals surface area contributed by atoms with Crippen molar-refractivity contribution in [3.63, 3.8) is 0 Å². The van der Waals surface area contributed by atoms with Crippen molar-refractivity contribution < 1.29 is 9.53 Å². The maximum atomic E-state index is 12.1. The molecule has 2 atom stereocenters. The summed E-state index contributed by atoms with van der Waals surface area (Å²) in [7, 11) is 0. The Hall–Kier alpha value is -2.72. The first-order valence-electron chi connectivity index (χ1n) is 11.0. The van der Waals surface area contributed by atoms with Crippen molar-refractivity contribution in [1.29, 1.82) is 0 Å². The lowest BCUT2D eigenvalue weighted by Gasteiger charge is -2.17. The summed E-state index contributed by atoms with van der Waals surface area (Å²) in [5.41, 5.74) is 14.2. The monoisotopic (exact) mass is 402 g/mol. The van der Waals surface area contributed by atoms with E-state index in [9.17, 15) is 4.79 Å². The molecule has 0 saturated heterocycles. The number of fused-ring (bicyclic) bond motifs is 1. The second kappa shape index (κ2) is 8.57. The van der Waals surface area contributed by atoms with Crippen LogP contribution in [-0.4, -0.2) is 17.6 Å². The van der Waals surface area contributed by atoms with E-state index in [1.807, 2.05) is 6.92 Å². The third-order valence-corrected chi connectivity index (χ3v) is 6.03. The van der Waals surface area contributed by atoms with Gasteiger partial charge in [0, 0.05) is 17.6 Å². The number of hydrogen-bond donors (Lipinski definition) is 1. The summed E-state index contributed by atoms with van der Waals surface area (Å²) in [6, 6.07) is 15.1. The maximum absolute atomic E-state index is 12.1. The molecule has 0 spiro atoms. The van der Waals surface area contributed by atoms with E-state index in [0.29, 0.717) is 13.2 Å². The molecule has 4 heteroatoms. The van der Waals surface area contributed by atoms with E-state index in [0.717, 1.165) is 41.4 Å². The molecule has 1 aliphatic rings. The standard InChI is InChI=1S/C26H30N2O2/c1-4-6-23-22(15-27)25(17-9-7-16(3)8-10-17)21-13-18(11-12-24(21)28-23)19-14-20(19)26(29)30-5-2/h7-13,19-20H,4-6,14-15,27H2,1-3H3. The number of carbonyl (C=O) groups is 1. The minimum Gasteiger partial charge on any atom is -0.466 e. The molecule has 0 amide bonds. The number of hydrogen-bond acceptors (Lipinski definition) is 4. The van der Waals surface area contributed by atoms with Crippen LogP contribution in [0.25, 0.3) is 22.0 Å². The van der Waals surface area contributed by atoms with Gasteiger partial charge < -0.3 is 10.5 Å². The zero-order chi connectivity index (χ0) is 21.3. The third-order valence-electron chi connectivity index (χ3n) is 6.03. The van der Waals surface area contributed by atoms with Gasteiger partial charge in [0.2, 0.25) is 0 Å². The van der Waals surface area contributed by atoms with Gasteiger partial charge in [0.1, 0.15) is 0 Å². The molecule has 2 N–H and O–H groups in total. The van der Waals surface area contributed by atoms with Crippen LogP contribution in [0.15, 0.2) is 42.5 Å². The van der Waals surface area contributed by atoms with Crippen molar-refractivity contribution in [3.8, 4) is 11.1 Å². The summed E-state index contributed by atoms with van der Waals surface area (Å²) >= 11 is 0. The number of esters is 1. The number of aromatic nitrogens is 1. The molecular weight excluding hydrogens is 372 g/mol. The van der Waals surface area contributed by atoms with Gasteiger partial charge >= 0.3 is 5.97 Å². The van der Waals surface area contributed by atoms with Crippen LogP contribution >= 0.6 is 0 Å². The van der Waals surface area contributed by atoms with Crippen molar-refractivity contribution in [3.05, 3.63) is 64.8 Å². The summed E-state index contributed by atoms with van der Waals surface area (Å²) in [5, 5.41) is 1.12. The molecule has 2 unspecified atom stereocenters. The predicted octanol–water partition coefficient (Wildman–Crippen LogP) is 5.29. The molecule has 30 heavy (non-hydrogen) atoms. The maximum Gasteiger partial charge on any atom is 0.309 e. The number of nitrogens with two attached hydrogens (primary N) is 1. The molecule has 1 saturated carbocycles. The first-order valence-corrected chi connectivity index (χ1v) is 11.0. The summed E-state index contributed by atoms with van der Waals surface area (Å²) in [6.07, 6.45) is 2.80. The van der Waals surface area contributed by atoms with Crippen LogP contribution in [0.1, 0.15) is 55.0 Å². The molecule has 1 aromatic heterocycles. The van der Waals surface area contributed by atoms with E-state index < -0.39 is 0 Å². The smallest absolute Gasteiger partial charge is 0.309 e.